The Hall–Kier alpha value is -7.22. The lowest BCUT2D eigenvalue weighted by Crippen LogP contribution is -2.32. The molecule has 4 heteroatoms. The van der Waals surface area contributed by atoms with Gasteiger partial charge in [0, 0.05) is 56.5 Å². The standard InChI is InChI=1S/C49H29N3O/c50-29-39-32(31-13-12-28-51-30-31)18-9-19-33(39)38-20-10-23-42-47(38)53-48-43(49(42)40-21-5-1-14-34(40)35-15-2-6-22-41(35)49)24-11-27-46(48)52-44-25-7-3-16-36(44)37-17-4-8-26-45(37)52/h1-28,30H. The van der Waals surface area contributed by atoms with E-state index < -0.39 is 5.41 Å². The Morgan fingerprint density at radius 3 is 1.72 bits per heavy atom. The SMILES string of the molecule is N#Cc1c(-c2cccnc2)cccc1-c1cccc2c1Oc1c(-n3c4ccccc4c4ccccc43)cccc1C21c2ccccc2-c2ccccc21. The van der Waals surface area contributed by atoms with E-state index in [2.05, 4.69) is 149 Å². The highest BCUT2D eigenvalue weighted by Crippen LogP contribution is 2.64. The number of para-hydroxylation sites is 4. The van der Waals surface area contributed by atoms with Crippen molar-refractivity contribution < 1.29 is 4.74 Å². The summed E-state index contributed by atoms with van der Waals surface area (Å²) in [4.78, 5) is 4.37. The number of pyridine rings is 1. The van der Waals surface area contributed by atoms with Crippen molar-refractivity contribution in [3.05, 3.63) is 204 Å². The van der Waals surface area contributed by atoms with Crippen molar-refractivity contribution in [3.8, 4) is 56.6 Å². The molecule has 0 saturated heterocycles. The number of nitrogens with zero attached hydrogens (tertiary/aromatic N) is 3. The molecule has 1 aliphatic carbocycles. The van der Waals surface area contributed by atoms with Crippen molar-refractivity contribution in [1.29, 1.82) is 5.26 Å². The van der Waals surface area contributed by atoms with Gasteiger partial charge in [-0.05, 0) is 46.5 Å². The van der Waals surface area contributed by atoms with Crippen LogP contribution in [0.5, 0.6) is 11.5 Å². The molecule has 246 valence electrons. The van der Waals surface area contributed by atoms with Gasteiger partial charge < -0.3 is 9.30 Å². The molecule has 4 nitrogen and oxygen atoms in total. The second kappa shape index (κ2) is 11.1. The van der Waals surface area contributed by atoms with Crippen LogP contribution in [0.15, 0.2) is 176 Å². The second-order valence-corrected chi connectivity index (χ2v) is 13.7. The van der Waals surface area contributed by atoms with Gasteiger partial charge >= 0.3 is 0 Å². The van der Waals surface area contributed by atoms with Crippen molar-refractivity contribution in [2.45, 2.75) is 5.41 Å². The van der Waals surface area contributed by atoms with Crippen LogP contribution in [0.1, 0.15) is 27.8 Å². The lowest BCUT2D eigenvalue weighted by atomic mass is 9.65. The Balaban J connectivity index is 1.28. The van der Waals surface area contributed by atoms with Crippen LogP contribution in [0, 0.1) is 11.3 Å². The number of hydrogen-bond donors (Lipinski definition) is 0. The fourth-order valence-electron chi connectivity index (χ4n) is 9.16. The van der Waals surface area contributed by atoms with E-state index in [0.29, 0.717) is 5.56 Å². The second-order valence-electron chi connectivity index (χ2n) is 13.7. The molecule has 0 amide bonds. The van der Waals surface area contributed by atoms with Crippen LogP contribution < -0.4 is 4.74 Å². The van der Waals surface area contributed by atoms with Gasteiger partial charge in [-0.25, -0.2) is 0 Å². The molecule has 2 aliphatic rings. The molecule has 2 aromatic heterocycles. The predicted octanol–water partition coefficient (Wildman–Crippen LogP) is 11.9. The first-order chi connectivity index (χ1) is 26.3. The minimum absolute atomic E-state index is 0.584. The van der Waals surface area contributed by atoms with E-state index in [0.717, 1.165) is 61.6 Å². The molecular weight excluding hydrogens is 647 g/mol. The third-order valence-corrected chi connectivity index (χ3v) is 11.2. The lowest BCUT2D eigenvalue weighted by Gasteiger charge is -2.41. The first-order valence-electron chi connectivity index (χ1n) is 17.9. The zero-order valence-electron chi connectivity index (χ0n) is 28.5. The van der Waals surface area contributed by atoms with Crippen LogP contribution in [0.3, 0.4) is 0 Å². The Kier molecular flexibility index (Phi) is 6.20. The average Bonchev–Trinajstić information content (AvgIpc) is 3.72. The molecule has 9 aromatic rings. The molecule has 0 bridgehead atoms. The van der Waals surface area contributed by atoms with Crippen molar-refractivity contribution in [2.24, 2.45) is 0 Å². The normalized spacial score (nSPS) is 13.2. The highest BCUT2D eigenvalue weighted by molar-refractivity contribution is 6.09. The van der Waals surface area contributed by atoms with E-state index in [4.69, 9.17) is 4.74 Å². The molecule has 1 spiro atoms. The van der Waals surface area contributed by atoms with E-state index in [1.807, 2.05) is 36.5 Å². The maximum absolute atomic E-state index is 10.8. The maximum Gasteiger partial charge on any atom is 0.156 e. The van der Waals surface area contributed by atoms with E-state index >= 15 is 0 Å². The zero-order valence-corrected chi connectivity index (χ0v) is 28.5. The van der Waals surface area contributed by atoms with Gasteiger partial charge in [-0.3, -0.25) is 4.98 Å². The van der Waals surface area contributed by atoms with Crippen molar-refractivity contribution in [2.75, 3.05) is 0 Å². The fourth-order valence-corrected chi connectivity index (χ4v) is 9.16. The summed E-state index contributed by atoms with van der Waals surface area (Å²) in [7, 11) is 0. The summed E-state index contributed by atoms with van der Waals surface area (Å²) in [6.45, 7) is 0. The van der Waals surface area contributed by atoms with Gasteiger partial charge in [0.25, 0.3) is 0 Å². The van der Waals surface area contributed by atoms with Gasteiger partial charge in [-0.2, -0.15) is 5.26 Å². The first-order valence-corrected chi connectivity index (χ1v) is 17.9. The van der Waals surface area contributed by atoms with Gasteiger partial charge in [0.15, 0.2) is 5.75 Å². The Bertz CT molecular complexity index is 2910. The quantitative estimate of drug-likeness (QED) is 0.187. The third kappa shape index (κ3) is 3.91. The van der Waals surface area contributed by atoms with Crippen LogP contribution >= 0.6 is 0 Å². The van der Waals surface area contributed by atoms with E-state index in [1.54, 1.807) is 6.20 Å². The summed E-state index contributed by atoms with van der Waals surface area (Å²) in [5.41, 5.74) is 13.5. The molecule has 0 N–H and O–H groups in total. The Morgan fingerprint density at radius 1 is 0.491 bits per heavy atom. The van der Waals surface area contributed by atoms with Gasteiger partial charge in [0.1, 0.15) is 11.8 Å². The summed E-state index contributed by atoms with van der Waals surface area (Å²) in [5, 5.41) is 13.2. The van der Waals surface area contributed by atoms with E-state index in [1.165, 1.54) is 33.0 Å². The number of rotatable bonds is 3. The third-order valence-electron chi connectivity index (χ3n) is 11.2. The van der Waals surface area contributed by atoms with Crippen LogP contribution in [0.2, 0.25) is 0 Å². The minimum Gasteiger partial charge on any atom is -0.454 e. The Morgan fingerprint density at radius 2 is 1.04 bits per heavy atom. The molecule has 7 aromatic carbocycles. The summed E-state index contributed by atoms with van der Waals surface area (Å²) in [5.74, 6) is 1.55. The largest absolute Gasteiger partial charge is 0.454 e. The smallest absolute Gasteiger partial charge is 0.156 e. The van der Waals surface area contributed by atoms with E-state index in [-0.39, 0.29) is 0 Å². The molecule has 11 rings (SSSR count). The van der Waals surface area contributed by atoms with Gasteiger partial charge in [0.2, 0.25) is 0 Å². The maximum atomic E-state index is 10.8. The molecular formula is C49H29N3O. The minimum atomic E-state index is -0.686. The number of hydrogen-bond acceptors (Lipinski definition) is 3. The van der Waals surface area contributed by atoms with Crippen LogP contribution in [0.4, 0.5) is 0 Å². The van der Waals surface area contributed by atoms with Crippen molar-refractivity contribution >= 4 is 21.8 Å². The predicted molar refractivity (Wildman–Crippen MR) is 212 cm³/mol. The van der Waals surface area contributed by atoms with Crippen LogP contribution in [0.25, 0.3) is 60.9 Å². The number of benzene rings is 7. The molecule has 3 heterocycles. The topological polar surface area (TPSA) is 50.8 Å². The summed E-state index contributed by atoms with van der Waals surface area (Å²) in [6, 6.07) is 60.3. The number of ether oxygens (including phenoxy) is 1. The molecule has 0 radical (unpaired) electrons. The molecule has 0 unspecified atom stereocenters. The average molecular weight is 676 g/mol. The molecule has 0 saturated carbocycles. The first kappa shape index (κ1) is 29.5. The molecule has 53 heavy (non-hydrogen) atoms. The highest BCUT2D eigenvalue weighted by Gasteiger charge is 2.52. The molecule has 0 atom stereocenters. The van der Waals surface area contributed by atoms with Gasteiger partial charge in [-0.1, -0.05) is 140 Å². The van der Waals surface area contributed by atoms with E-state index in [9.17, 15) is 5.26 Å². The monoisotopic (exact) mass is 675 g/mol. The molecule has 0 fully saturated rings. The Labute approximate surface area is 306 Å². The molecule has 1 aliphatic heterocycles. The van der Waals surface area contributed by atoms with Gasteiger partial charge in [0.05, 0.1) is 27.7 Å². The van der Waals surface area contributed by atoms with Crippen molar-refractivity contribution in [1.82, 2.24) is 9.55 Å². The number of aromatic nitrogens is 2. The summed E-state index contributed by atoms with van der Waals surface area (Å²) < 4.78 is 9.78. The summed E-state index contributed by atoms with van der Waals surface area (Å²) >= 11 is 0. The summed E-state index contributed by atoms with van der Waals surface area (Å²) in [6.07, 6.45) is 3.57. The lowest BCUT2D eigenvalue weighted by molar-refractivity contribution is 0.436. The van der Waals surface area contributed by atoms with Crippen LogP contribution in [-0.2, 0) is 5.41 Å². The zero-order chi connectivity index (χ0) is 35.1. The fraction of sp³-hybridized carbons (Fsp3) is 0.0204. The number of nitriles is 1. The van der Waals surface area contributed by atoms with Crippen molar-refractivity contribution in [3.63, 3.8) is 0 Å². The van der Waals surface area contributed by atoms with Crippen LogP contribution in [-0.4, -0.2) is 9.55 Å². The number of fused-ring (bicyclic) bond motifs is 12. The van der Waals surface area contributed by atoms with Gasteiger partial charge in [-0.15, -0.1) is 0 Å². The highest BCUT2D eigenvalue weighted by atomic mass is 16.5.